The molecule has 1 aliphatic heterocycles. The van der Waals surface area contributed by atoms with Gasteiger partial charge in [-0.3, -0.25) is 4.79 Å². The van der Waals surface area contributed by atoms with Gasteiger partial charge >= 0.3 is 0 Å². The van der Waals surface area contributed by atoms with Crippen molar-refractivity contribution in [3.63, 3.8) is 0 Å². The van der Waals surface area contributed by atoms with Crippen LogP contribution in [-0.4, -0.2) is 43.6 Å². The molecular weight excluding hydrogens is 156 g/mol. The monoisotopic (exact) mass is 171 g/mol. The maximum Gasteiger partial charge on any atom is 0.222 e. The van der Waals surface area contributed by atoms with E-state index in [1.54, 1.807) is 0 Å². The molecule has 0 saturated carbocycles. The molecule has 0 unspecified atom stereocenters. The highest BCUT2D eigenvalue weighted by Crippen LogP contribution is 1.98. The Morgan fingerprint density at radius 3 is 2.58 bits per heavy atom. The van der Waals surface area contributed by atoms with Crippen LogP contribution in [0.15, 0.2) is 0 Å². The molecule has 4 heteroatoms. The second-order valence-electron chi connectivity index (χ2n) is 2.94. The summed E-state index contributed by atoms with van der Waals surface area (Å²) in [6.45, 7) is 3.19. The molecule has 0 spiro atoms. The van der Waals surface area contributed by atoms with E-state index in [4.69, 9.17) is 0 Å². The Morgan fingerprint density at radius 2 is 2.00 bits per heavy atom. The minimum Gasteiger partial charge on any atom is -0.340 e. The lowest BCUT2D eigenvalue weighted by atomic mass is 10.2. The molecule has 1 N–H and O–H groups in total. The van der Waals surface area contributed by atoms with Crippen molar-refractivity contribution in [2.24, 2.45) is 0 Å². The molecule has 1 fully saturated rings. The van der Waals surface area contributed by atoms with Crippen LogP contribution in [0.2, 0.25) is 0 Å². The van der Waals surface area contributed by atoms with E-state index in [2.05, 4.69) is 5.32 Å². The number of hydrogen-bond acceptors (Lipinski definition) is 2. The molecule has 1 heterocycles. The van der Waals surface area contributed by atoms with Gasteiger partial charge in [0.25, 0.3) is 0 Å². The lowest BCUT2D eigenvalue weighted by molar-refractivity contribution is -0.132. The highest BCUT2D eigenvalue weighted by molar-refractivity contribution is 5.76. The number of hydrogen-bond donors (Lipinski definition) is 1. The van der Waals surface area contributed by atoms with E-state index < -0.39 is 0 Å². The van der Waals surface area contributed by atoms with Gasteiger partial charge in [-0.2, -0.15) is 0 Å². The Labute approximate surface area is 72.6 Å². The van der Waals surface area contributed by atoms with Crippen molar-refractivity contribution in [2.75, 3.05) is 32.8 Å². The summed E-state index contributed by atoms with van der Waals surface area (Å²) in [4.78, 5) is 13.1. The van der Waals surface area contributed by atoms with E-state index in [1.807, 2.05) is 4.90 Å². The number of nitrogens with zero attached hydrogens (tertiary/aromatic N) is 1. The highest BCUT2D eigenvalue weighted by atomic mass is 16.3. The highest BCUT2D eigenvalue weighted by Gasteiger charge is 2.14. The number of carbonyl (C=O) groups excluding carboxylic acids is 1. The fourth-order valence-electron chi connectivity index (χ4n) is 1.30. The number of amides is 1. The first-order valence-corrected chi connectivity index (χ1v) is 4.41. The zero-order chi connectivity index (χ0) is 8.81. The Hall–Kier alpha value is -0.610. The van der Waals surface area contributed by atoms with E-state index >= 15 is 0 Å². The predicted molar refractivity (Wildman–Crippen MR) is 44.2 cm³/mol. The normalized spacial score (nSPS) is 17.9. The Morgan fingerprint density at radius 1 is 1.33 bits per heavy atom. The summed E-state index contributed by atoms with van der Waals surface area (Å²) in [6.07, 6.45) is 0.895. The molecular formula is C8H15N2O2. The Bertz CT molecular complexity index is 144. The number of rotatable bonds is 3. The van der Waals surface area contributed by atoms with Gasteiger partial charge < -0.3 is 10.2 Å². The molecule has 4 nitrogen and oxygen atoms in total. The summed E-state index contributed by atoms with van der Waals surface area (Å²) in [5.74, 6) is 0.132. The first-order chi connectivity index (χ1) is 5.84. The molecule has 1 rings (SSSR count). The minimum absolute atomic E-state index is 0.132. The molecule has 0 atom stereocenters. The smallest absolute Gasteiger partial charge is 0.222 e. The van der Waals surface area contributed by atoms with Crippen molar-refractivity contribution in [1.29, 1.82) is 0 Å². The van der Waals surface area contributed by atoms with E-state index in [-0.39, 0.29) is 12.5 Å². The van der Waals surface area contributed by atoms with Crippen LogP contribution in [0.5, 0.6) is 0 Å². The molecule has 12 heavy (non-hydrogen) atoms. The van der Waals surface area contributed by atoms with Gasteiger partial charge in [-0.1, -0.05) is 0 Å². The van der Waals surface area contributed by atoms with Crippen LogP contribution in [0.1, 0.15) is 12.8 Å². The number of carbonyl (C=O) groups is 1. The van der Waals surface area contributed by atoms with E-state index in [9.17, 15) is 9.90 Å². The van der Waals surface area contributed by atoms with Crippen molar-refractivity contribution >= 4 is 5.91 Å². The zero-order valence-corrected chi connectivity index (χ0v) is 7.21. The maximum atomic E-state index is 11.3. The Kier molecular flexibility index (Phi) is 4.04. The van der Waals surface area contributed by atoms with Crippen LogP contribution in [0, 0.1) is 0 Å². The van der Waals surface area contributed by atoms with Gasteiger partial charge in [0.2, 0.25) is 5.91 Å². The zero-order valence-electron chi connectivity index (χ0n) is 7.21. The van der Waals surface area contributed by atoms with Crippen LogP contribution in [0.25, 0.3) is 0 Å². The van der Waals surface area contributed by atoms with Gasteiger partial charge in [-0.25, -0.2) is 5.11 Å². The molecule has 69 valence electrons. The maximum absolute atomic E-state index is 11.3. The van der Waals surface area contributed by atoms with Crippen molar-refractivity contribution in [1.82, 2.24) is 10.2 Å². The van der Waals surface area contributed by atoms with Crippen LogP contribution < -0.4 is 5.32 Å². The van der Waals surface area contributed by atoms with Gasteiger partial charge in [0.05, 0.1) is 6.61 Å². The molecule has 0 aromatic carbocycles. The average molecular weight is 171 g/mol. The summed E-state index contributed by atoms with van der Waals surface area (Å²) in [7, 11) is 0. The SMILES string of the molecule is [O]CCCC(=O)N1CCNCC1. The second-order valence-corrected chi connectivity index (χ2v) is 2.94. The standard InChI is InChI=1S/C8H15N2O2/c11-7-1-2-8(12)10-5-3-9-4-6-10/h9H,1-7H2. The molecule has 1 amide bonds. The van der Waals surface area contributed by atoms with Crippen molar-refractivity contribution in [2.45, 2.75) is 12.8 Å². The van der Waals surface area contributed by atoms with Crippen LogP contribution in [0.4, 0.5) is 0 Å². The second kappa shape index (κ2) is 5.11. The molecule has 1 aliphatic rings. The fourth-order valence-corrected chi connectivity index (χ4v) is 1.30. The third-order valence-corrected chi connectivity index (χ3v) is 2.00. The van der Waals surface area contributed by atoms with Gasteiger partial charge in [0.1, 0.15) is 0 Å². The predicted octanol–water partition coefficient (Wildman–Crippen LogP) is -0.371. The van der Waals surface area contributed by atoms with Gasteiger partial charge in [0.15, 0.2) is 0 Å². The molecule has 1 saturated heterocycles. The van der Waals surface area contributed by atoms with E-state index in [0.29, 0.717) is 12.8 Å². The van der Waals surface area contributed by atoms with Crippen LogP contribution >= 0.6 is 0 Å². The lowest BCUT2D eigenvalue weighted by Crippen LogP contribution is -2.46. The van der Waals surface area contributed by atoms with E-state index in [1.165, 1.54) is 0 Å². The van der Waals surface area contributed by atoms with Gasteiger partial charge in [-0.15, -0.1) is 0 Å². The first-order valence-electron chi connectivity index (χ1n) is 4.41. The average Bonchev–Trinajstić information content (AvgIpc) is 2.15. The molecule has 1 radical (unpaired) electrons. The fraction of sp³-hybridized carbons (Fsp3) is 0.875. The van der Waals surface area contributed by atoms with Gasteiger partial charge in [-0.05, 0) is 6.42 Å². The minimum atomic E-state index is -0.141. The Balaban J connectivity index is 2.20. The third kappa shape index (κ3) is 2.79. The molecule has 0 bridgehead atoms. The molecule has 0 aromatic rings. The van der Waals surface area contributed by atoms with Crippen molar-refractivity contribution in [3.05, 3.63) is 0 Å². The number of piperazine rings is 1. The van der Waals surface area contributed by atoms with E-state index in [0.717, 1.165) is 26.2 Å². The van der Waals surface area contributed by atoms with Crippen molar-refractivity contribution in [3.8, 4) is 0 Å². The summed E-state index contributed by atoms with van der Waals surface area (Å²) >= 11 is 0. The summed E-state index contributed by atoms with van der Waals surface area (Å²) in [5, 5.41) is 13.3. The van der Waals surface area contributed by atoms with Crippen molar-refractivity contribution < 1.29 is 9.90 Å². The number of nitrogens with one attached hydrogen (secondary N) is 1. The van der Waals surface area contributed by atoms with Gasteiger partial charge in [0, 0.05) is 32.6 Å². The lowest BCUT2D eigenvalue weighted by Gasteiger charge is -2.27. The van der Waals surface area contributed by atoms with Crippen LogP contribution in [0.3, 0.4) is 0 Å². The largest absolute Gasteiger partial charge is 0.340 e. The molecule has 0 aliphatic carbocycles. The first kappa shape index (κ1) is 9.48. The third-order valence-electron chi connectivity index (χ3n) is 2.00. The van der Waals surface area contributed by atoms with Crippen LogP contribution in [-0.2, 0) is 9.90 Å². The molecule has 0 aromatic heterocycles. The summed E-state index contributed by atoms with van der Waals surface area (Å²) in [5.41, 5.74) is 0. The summed E-state index contributed by atoms with van der Waals surface area (Å²) < 4.78 is 0. The summed E-state index contributed by atoms with van der Waals surface area (Å²) in [6, 6.07) is 0. The quantitative estimate of drug-likeness (QED) is 0.630. The topological polar surface area (TPSA) is 52.2 Å².